The molecule has 0 aromatic carbocycles. The summed E-state index contributed by atoms with van der Waals surface area (Å²) in [5.74, 6) is 0.550. The molecule has 0 fully saturated rings. The Bertz CT molecular complexity index is 215. The second-order valence-corrected chi connectivity index (χ2v) is 4.72. The molecule has 0 saturated carbocycles. The van der Waals surface area contributed by atoms with Crippen molar-refractivity contribution in [1.82, 2.24) is 4.98 Å². The van der Waals surface area contributed by atoms with Crippen LogP contribution in [0, 0.1) is 5.41 Å². The predicted molar refractivity (Wildman–Crippen MR) is 74.5 cm³/mol. The van der Waals surface area contributed by atoms with E-state index in [0.717, 1.165) is 0 Å². The lowest BCUT2D eigenvalue weighted by atomic mass is 9.80. The number of aromatic nitrogens is 1. The van der Waals surface area contributed by atoms with Crippen molar-refractivity contribution in [3.63, 3.8) is 0 Å². The second-order valence-electron chi connectivity index (χ2n) is 4.00. The van der Waals surface area contributed by atoms with Crippen LogP contribution in [0.25, 0.3) is 0 Å². The monoisotopic (exact) mass is 248 g/mol. The van der Waals surface area contributed by atoms with E-state index in [1.54, 1.807) is 11.3 Å². The molecule has 1 aromatic heterocycles. The van der Waals surface area contributed by atoms with Gasteiger partial charge in [0.25, 0.3) is 0 Å². The molecule has 1 aromatic rings. The van der Waals surface area contributed by atoms with Crippen molar-refractivity contribution >= 4 is 24.2 Å². The third-order valence-corrected chi connectivity index (χ3v) is 2.80. The number of rotatable bonds is 1. The lowest BCUT2D eigenvalue weighted by molar-refractivity contribution is 0.335. The fourth-order valence-electron chi connectivity index (χ4n) is 0.879. The molecule has 90 valence electrons. The van der Waals surface area contributed by atoms with Crippen molar-refractivity contribution in [1.29, 1.82) is 0 Å². The number of nitrogens with zero attached hydrogens (tertiary/aromatic N) is 1. The topological polar surface area (TPSA) is 38.9 Å². The highest BCUT2D eigenvalue weighted by atomic mass is 32.1. The molecule has 0 aliphatic rings. The zero-order valence-corrected chi connectivity index (χ0v) is 12.3. The maximum Gasteiger partial charge on any atom is 0.0794 e. The van der Waals surface area contributed by atoms with Gasteiger partial charge >= 0.3 is 0 Å². The average molecular weight is 248 g/mol. The Morgan fingerprint density at radius 1 is 1.33 bits per heavy atom. The van der Waals surface area contributed by atoms with Gasteiger partial charge in [0.2, 0.25) is 0 Å². The lowest BCUT2D eigenvalue weighted by Crippen LogP contribution is -2.15. The lowest BCUT2D eigenvalue weighted by Gasteiger charge is -2.25. The number of hydrogen-bond acceptors (Lipinski definition) is 4. The minimum Gasteiger partial charge on any atom is -0.281 e. The first-order chi connectivity index (χ1) is 7.02. The molecule has 0 aliphatic carbocycles. The van der Waals surface area contributed by atoms with Crippen LogP contribution in [-0.2, 0) is 0 Å². The third-order valence-electron chi connectivity index (χ3n) is 2.19. The molecule has 0 saturated heterocycles. The number of thiazole rings is 1. The fourth-order valence-corrected chi connectivity index (χ4v) is 1.53. The van der Waals surface area contributed by atoms with Crippen molar-refractivity contribution in [3.8, 4) is 0 Å². The van der Waals surface area contributed by atoms with Gasteiger partial charge < -0.3 is 0 Å². The molecule has 0 aliphatic heterocycles. The van der Waals surface area contributed by atoms with Crippen LogP contribution in [0.2, 0.25) is 0 Å². The first-order valence-corrected chi connectivity index (χ1v) is 6.61. The highest BCUT2D eigenvalue weighted by Gasteiger charge is 2.22. The van der Waals surface area contributed by atoms with Crippen LogP contribution in [0.3, 0.4) is 0 Å². The fraction of sp³-hybridized carbons (Fsp3) is 0.727. The Morgan fingerprint density at radius 3 is 2.07 bits per heavy atom. The van der Waals surface area contributed by atoms with Gasteiger partial charge in [-0.1, -0.05) is 41.5 Å². The number of hydrogen-bond donors (Lipinski definition) is 2. The van der Waals surface area contributed by atoms with Crippen molar-refractivity contribution in [2.24, 2.45) is 10.6 Å². The summed E-state index contributed by atoms with van der Waals surface area (Å²) in [7, 11) is 0. The van der Waals surface area contributed by atoms with E-state index in [1.165, 1.54) is 5.69 Å². The highest BCUT2D eigenvalue weighted by Crippen LogP contribution is 2.33. The van der Waals surface area contributed by atoms with Gasteiger partial charge in [0.05, 0.1) is 11.2 Å². The average Bonchev–Trinajstić information content (AvgIpc) is 2.74. The third kappa shape index (κ3) is 6.93. The summed E-state index contributed by atoms with van der Waals surface area (Å²) in [6, 6.07) is 0. The molecule has 4 heteroatoms. The van der Waals surface area contributed by atoms with Gasteiger partial charge in [0.15, 0.2) is 0 Å². The van der Waals surface area contributed by atoms with Gasteiger partial charge in [-0.2, -0.15) is 0 Å². The Kier molecular flexibility index (Phi) is 10.6. The van der Waals surface area contributed by atoms with Gasteiger partial charge in [-0.3, -0.25) is 5.14 Å². The minimum absolute atomic E-state index is 0.327. The summed E-state index contributed by atoms with van der Waals surface area (Å²) >= 11 is 4.70. The van der Waals surface area contributed by atoms with E-state index in [1.807, 2.05) is 19.4 Å². The summed E-state index contributed by atoms with van der Waals surface area (Å²) < 4.78 is 0. The largest absolute Gasteiger partial charge is 0.281 e. The van der Waals surface area contributed by atoms with Crippen LogP contribution in [0.1, 0.15) is 53.2 Å². The van der Waals surface area contributed by atoms with Crippen LogP contribution in [-0.4, -0.2) is 4.98 Å². The number of nitrogens with two attached hydrogens (primary N) is 1. The van der Waals surface area contributed by atoms with Gasteiger partial charge in [0, 0.05) is 11.3 Å². The van der Waals surface area contributed by atoms with Crippen molar-refractivity contribution in [2.45, 2.75) is 47.5 Å². The standard InChI is InChI=1S/C9H15NS.C2H6.H3NS/c1-7(9(2,3)4)8-5-11-6-10-8;2*1-2/h5-7H,1-4H3;1-2H3;2H,1H2. The summed E-state index contributed by atoms with van der Waals surface area (Å²) in [6.07, 6.45) is 0. The summed E-state index contributed by atoms with van der Waals surface area (Å²) in [4.78, 5) is 4.30. The zero-order chi connectivity index (χ0) is 12.5. The summed E-state index contributed by atoms with van der Waals surface area (Å²) in [5, 5.41) is 6.33. The molecule has 0 bridgehead atoms. The molecule has 0 amide bonds. The molecule has 2 nitrogen and oxygen atoms in total. The molecule has 1 atom stereocenters. The van der Waals surface area contributed by atoms with Crippen LogP contribution >= 0.6 is 24.2 Å². The summed E-state index contributed by atoms with van der Waals surface area (Å²) in [6.45, 7) is 13.0. The first-order valence-electron chi connectivity index (χ1n) is 5.15. The Labute approximate surface area is 104 Å². The van der Waals surface area contributed by atoms with E-state index in [4.69, 9.17) is 0 Å². The van der Waals surface area contributed by atoms with E-state index >= 15 is 0 Å². The molecule has 0 spiro atoms. The molecule has 0 radical (unpaired) electrons. The number of thiol groups is 1. The smallest absolute Gasteiger partial charge is 0.0794 e. The molecule has 1 unspecified atom stereocenters. The van der Waals surface area contributed by atoms with Crippen LogP contribution in [0.4, 0.5) is 0 Å². The van der Waals surface area contributed by atoms with Crippen LogP contribution in [0.5, 0.6) is 0 Å². The van der Waals surface area contributed by atoms with Gasteiger partial charge in [0.1, 0.15) is 0 Å². The van der Waals surface area contributed by atoms with Crippen LogP contribution < -0.4 is 5.14 Å². The molecule has 2 N–H and O–H groups in total. The summed E-state index contributed by atoms with van der Waals surface area (Å²) in [5.41, 5.74) is 3.45. The van der Waals surface area contributed by atoms with E-state index in [9.17, 15) is 0 Å². The Hall–Kier alpha value is -0.0600. The van der Waals surface area contributed by atoms with E-state index < -0.39 is 0 Å². The predicted octanol–water partition coefficient (Wildman–Crippen LogP) is 4.11. The molecular formula is C11H24N2S2. The quantitative estimate of drug-likeness (QED) is 0.734. The Balaban J connectivity index is 0. The van der Waals surface area contributed by atoms with Gasteiger partial charge in [-0.25, -0.2) is 4.98 Å². The van der Waals surface area contributed by atoms with E-state index in [0.29, 0.717) is 11.3 Å². The van der Waals surface area contributed by atoms with Crippen molar-refractivity contribution in [2.75, 3.05) is 0 Å². The first kappa shape index (κ1) is 17.3. The maximum absolute atomic E-state index is 4.30. The molecular weight excluding hydrogens is 224 g/mol. The molecule has 15 heavy (non-hydrogen) atoms. The second kappa shape index (κ2) is 9.19. The SMILES string of the molecule is CC.CC(c1cscn1)C(C)(C)C.NS. The maximum atomic E-state index is 4.30. The van der Waals surface area contributed by atoms with Gasteiger partial charge in [-0.05, 0) is 5.41 Å². The van der Waals surface area contributed by atoms with Crippen LogP contribution in [0.15, 0.2) is 10.9 Å². The highest BCUT2D eigenvalue weighted by molar-refractivity contribution is 7.77. The molecule has 1 heterocycles. The van der Waals surface area contributed by atoms with Crippen molar-refractivity contribution < 1.29 is 0 Å². The van der Waals surface area contributed by atoms with E-state index in [2.05, 4.69) is 56.0 Å². The van der Waals surface area contributed by atoms with E-state index in [-0.39, 0.29) is 0 Å². The minimum atomic E-state index is 0.327. The normalized spacial score (nSPS) is 11.7. The zero-order valence-electron chi connectivity index (χ0n) is 10.6. The van der Waals surface area contributed by atoms with Gasteiger partial charge in [-0.15, -0.1) is 24.2 Å². The molecule has 1 rings (SSSR count). The Morgan fingerprint density at radius 2 is 1.80 bits per heavy atom. The van der Waals surface area contributed by atoms with Crippen molar-refractivity contribution in [3.05, 3.63) is 16.6 Å².